The molecule has 0 aliphatic carbocycles. The summed E-state index contributed by atoms with van der Waals surface area (Å²) in [5.41, 5.74) is 3.86. The van der Waals surface area contributed by atoms with E-state index in [2.05, 4.69) is 28.8 Å². The largest absolute Gasteiger partial charge is 0.489 e. The van der Waals surface area contributed by atoms with Crippen molar-refractivity contribution in [3.63, 3.8) is 0 Å². The standard InChI is InChI=1S/C28H27ClN2O2/c1-19(2)28(32)31-24-13-11-23(12-14-24)30-17-26-25-9-4-3-7-21(25)10-15-27(26)33-18-20-6-5-8-22(29)16-20/h3-16,19,30H,17-18H2,1-2H3,(H,31,32). The third-order valence-corrected chi connectivity index (χ3v) is 5.66. The van der Waals surface area contributed by atoms with Crippen molar-refractivity contribution < 1.29 is 9.53 Å². The summed E-state index contributed by atoms with van der Waals surface area (Å²) in [4.78, 5) is 11.9. The first-order valence-corrected chi connectivity index (χ1v) is 11.4. The number of halogens is 1. The average Bonchev–Trinajstić information content (AvgIpc) is 2.82. The number of nitrogens with one attached hydrogen (secondary N) is 2. The molecular weight excluding hydrogens is 432 g/mol. The molecule has 0 atom stereocenters. The van der Waals surface area contributed by atoms with Crippen LogP contribution in [0.2, 0.25) is 5.02 Å². The first-order chi connectivity index (χ1) is 16.0. The number of hydrogen-bond acceptors (Lipinski definition) is 3. The van der Waals surface area contributed by atoms with Crippen LogP contribution in [0.3, 0.4) is 0 Å². The quantitative estimate of drug-likeness (QED) is 0.291. The van der Waals surface area contributed by atoms with Crippen LogP contribution in [-0.4, -0.2) is 5.91 Å². The number of ether oxygens (including phenoxy) is 1. The van der Waals surface area contributed by atoms with E-state index in [4.69, 9.17) is 16.3 Å². The minimum atomic E-state index is -0.0560. The Bertz CT molecular complexity index is 1250. The number of carbonyl (C=O) groups is 1. The lowest BCUT2D eigenvalue weighted by molar-refractivity contribution is -0.118. The van der Waals surface area contributed by atoms with Crippen molar-refractivity contribution in [3.8, 4) is 5.75 Å². The molecule has 4 nitrogen and oxygen atoms in total. The van der Waals surface area contributed by atoms with Crippen LogP contribution in [-0.2, 0) is 17.9 Å². The van der Waals surface area contributed by atoms with Gasteiger partial charge in [-0.25, -0.2) is 0 Å². The molecule has 168 valence electrons. The Balaban J connectivity index is 1.52. The Morgan fingerprint density at radius 1 is 0.909 bits per heavy atom. The van der Waals surface area contributed by atoms with Crippen LogP contribution in [0, 0.1) is 5.92 Å². The van der Waals surface area contributed by atoms with E-state index in [9.17, 15) is 4.79 Å². The molecule has 1 amide bonds. The van der Waals surface area contributed by atoms with E-state index in [0.717, 1.165) is 39.0 Å². The van der Waals surface area contributed by atoms with E-state index < -0.39 is 0 Å². The Labute approximate surface area is 199 Å². The Morgan fingerprint density at radius 3 is 2.42 bits per heavy atom. The molecule has 0 aromatic heterocycles. The van der Waals surface area contributed by atoms with Crippen LogP contribution in [0.4, 0.5) is 11.4 Å². The molecule has 0 unspecified atom stereocenters. The van der Waals surface area contributed by atoms with Crippen molar-refractivity contribution in [2.24, 2.45) is 5.92 Å². The number of hydrogen-bond donors (Lipinski definition) is 2. The molecule has 2 N–H and O–H groups in total. The summed E-state index contributed by atoms with van der Waals surface area (Å²) in [5.74, 6) is 0.787. The number of rotatable bonds is 8. The molecule has 4 aromatic rings. The highest BCUT2D eigenvalue weighted by Gasteiger charge is 2.10. The van der Waals surface area contributed by atoms with Crippen molar-refractivity contribution in [2.75, 3.05) is 10.6 Å². The van der Waals surface area contributed by atoms with Crippen LogP contribution in [0.15, 0.2) is 84.9 Å². The summed E-state index contributed by atoms with van der Waals surface area (Å²) in [6.07, 6.45) is 0. The molecule has 4 aromatic carbocycles. The van der Waals surface area contributed by atoms with Crippen LogP contribution < -0.4 is 15.4 Å². The predicted octanol–water partition coefficient (Wildman–Crippen LogP) is 7.28. The predicted molar refractivity (Wildman–Crippen MR) is 137 cm³/mol. The number of anilines is 2. The molecule has 0 aliphatic heterocycles. The maximum Gasteiger partial charge on any atom is 0.226 e. The monoisotopic (exact) mass is 458 g/mol. The third kappa shape index (κ3) is 5.85. The van der Waals surface area contributed by atoms with Gasteiger partial charge in [0.1, 0.15) is 12.4 Å². The molecular formula is C28H27ClN2O2. The van der Waals surface area contributed by atoms with Crippen LogP contribution in [0.25, 0.3) is 10.8 Å². The van der Waals surface area contributed by atoms with Gasteiger partial charge < -0.3 is 15.4 Å². The van der Waals surface area contributed by atoms with Crippen LogP contribution in [0.1, 0.15) is 25.0 Å². The molecule has 0 radical (unpaired) electrons. The van der Waals surface area contributed by atoms with Gasteiger partial charge in [-0.1, -0.05) is 67.9 Å². The SMILES string of the molecule is CC(C)C(=O)Nc1ccc(NCc2c(OCc3cccc(Cl)c3)ccc3ccccc23)cc1. The molecule has 0 fully saturated rings. The van der Waals surface area contributed by atoms with E-state index in [1.165, 1.54) is 0 Å². The fourth-order valence-corrected chi connectivity index (χ4v) is 3.78. The molecule has 33 heavy (non-hydrogen) atoms. The summed E-state index contributed by atoms with van der Waals surface area (Å²) in [7, 11) is 0. The summed E-state index contributed by atoms with van der Waals surface area (Å²) in [6.45, 7) is 4.79. The van der Waals surface area contributed by atoms with Gasteiger partial charge in [-0.05, 0) is 58.8 Å². The Hall–Kier alpha value is -3.50. The second kappa shape index (κ2) is 10.4. The van der Waals surface area contributed by atoms with Crippen LogP contribution >= 0.6 is 11.6 Å². The van der Waals surface area contributed by atoms with Crippen molar-refractivity contribution in [3.05, 3.63) is 101 Å². The van der Waals surface area contributed by atoms with Crippen molar-refractivity contribution in [1.29, 1.82) is 0 Å². The van der Waals surface area contributed by atoms with E-state index in [1.807, 2.05) is 80.6 Å². The highest BCUT2D eigenvalue weighted by Crippen LogP contribution is 2.30. The number of carbonyl (C=O) groups excluding carboxylic acids is 1. The number of amides is 1. The normalized spacial score (nSPS) is 10.9. The highest BCUT2D eigenvalue weighted by molar-refractivity contribution is 6.30. The van der Waals surface area contributed by atoms with Gasteiger partial charge in [0.05, 0.1) is 0 Å². The smallest absolute Gasteiger partial charge is 0.226 e. The second-order valence-electron chi connectivity index (χ2n) is 8.26. The number of benzene rings is 4. The minimum Gasteiger partial charge on any atom is -0.489 e. The molecule has 0 saturated carbocycles. The number of fused-ring (bicyclic) bond motifs is 1. The highest BCUT2D eigenvalue weighted by atomic mass is 35.5. The van der Waals surface area contributed by atoms with Crippen LogP contribution in [0.5, 0.6) is 5.75 Å². The third-order valence-electron chi connectivity index (χ3n) is 5.43. The van der Waals surface area contributed by atoms with E-state index in [0.29, 0.717) is 18.2 Å². The van der Waals surface area contributed by atoms with Gasteiger partial charge >= 0.3 is 0 Å². The van der Waals surface area contributed by atoms with E-state index in [-0.39, 0.29) is 11.8 Å². The van der Waals surface area contributed by atoms with Gasteiger partial charge in [0, 0.05) is 34.4 Å². The molecule has 0 spiro atoms. The van der Waals surface area contributed by atoms with Gasteiger partial charge in [0.15, 0.2) is 0 Å². The molecule has 4 rings (SSSR count). The lowest BCUT2D eigenvalue weighted by atomic mass is 10.0. The Morgan fingerprint density at radius 2 is 1.67 bits per heavy atom. The van der Waals surface area contributed by atoms with E-state index >= 15 is 0 Å². The van der Waals surface area contributed by atoms with Gasteiger partial charge in [0.2, 0.25) is 5.91 Å². The Kier molecular flexibility index (Phi) is 7.16. The summed E-state index contributed by atoms with van der Waals surface area (Å²) >= 11 is 6.12. The fraction of sp³-hybridized carbons (Fsp3) is 0.179. The zero-order chi connectivity index (χ0) is 23.2. The first kappa shape index (κ1) is 22.7. The molecule has 5 heteroatoms. The summed E-state index contributed by atoms with van der Waals surface area (Å²) in [6, 6.07) is 27.8. The zero-order valence-corrected chi connectivity index (χ0v) is 19.5. The van der Waals surface area contributed by atoms with Crippen molar-refractivity contribution in [2.45, 2.75) is 27.0 Å². The maximum atomic E-state index is 11.9. The fourth-order valence-electron chi connectivity index (χ4n) is 3.57. The lowest BCUT2D eigenvalue weighted by Crippen LogP contribution is -2.17. The van der Waals surface area contributed by atoms with Gasteiger partial charge in [-0.3, -0.25) is 4.79 Å². The van der Waals surface area contributed by atoms with Gasteiger partial charge in [-0.15, -0.1) is 0 Å². The van der Waals surface area contributed by atoms with E-state index in [1.54, 1.807) is 0 Å². The zero-order valence-electron chi connectivity index (χ0n) is 18.8. The van der Waals surface area contributed by atoms with Crippen molar-refractivity contribution >= 4 is 39.7 Å². The average molecular weight is 459 g/mol. The molecule has 0 heterocycles. The molecule has 0 bridgehead atoms. The molecule has 0 saturated heterocycles. The van der Waals surface area contributed by atoms with Gasteiger partial charge in [-0.2, -0.15) is 0 Å². The second-order valence-corrected chi connectivity index (χ2v) is 8.69. The van der Waals surface area contributed by atoms with Gasteiger partial charge in [0.25, 0.3) is 0 Å². The molecule has 0 aliphatic rings. The summed E-state index contributed by atoms with van der Waals surface area (Å²) in [5, 5.41) is 9.42. The minimum absolute atomic E-state index is 0.00737. The van der Waals surface area contributed by atoms with Crippen molar-refractivity contribution in [1.82, 2.24) is 0 Å². The summed E-state index contributed by atoms with van der Waals surface area (Å²) < 4.78 is 6.21. The first-order valence-electron chi connectivity index (χ1n) is 11.0. The topological polar surface area (TPSA) is 50.4 Å². The lowest BCUT2D eigenvalue weighted by Gasteiger charge is -2.16. The maximum absolute atomic E-state index is 11.9.